The van der Waals surface area contributed by atoms with Gasteiger partial charge in [0.15, 0.2) is 0 Å². The molecule has 0 aliphatic carbocycles. The van der Waals surface area contributed by atoms with Crippen LogP contribution in [-0.2, 0) is 0 Å². The van der Waals surface area contributed by atoms with E-state index in [-0.39, 0.29) is 5.02 Å². The van der Waals surface area contributed by atoms with Crippen molar-refractivity contribution in [2.75, 3.05) is 11.1 Å². The van der Waals surface area contributed by atoms with E-state index in [1.54, 1.807) is 16.8 Å². The molecule has 0 atom stereocenters. The molecule has 3 rings (SSSR count). The summed E-state index contributed by atoms with van der Waals surface area (Å²) in [5, 5.41) is 3.09. The van der Waals surface area contributed by atoms with Crippen molar-refractivity contribution < 1.29 is 4.39 Å². The number of nitrogens with one attached hydrogen (secondary N) is 1. The molecular formula is C13H9ClFN3S. The fraction of sp³-hybridized carbons (Fsp3) is 0. The molecule has 0 unspecified atom stereocenters. The highest BCUT2D eigenvalue weighted by molar-refractivity contribution is 7.16. The molecule has 1 heterocycles. The largest absolute Gasteiger partial charge is 0.397 e. The van der Waals surface area contributed by atoms with E-state index in [9.17, 15) is 4.39 Å². The van der Waals surface area contributed by atoms with E-state index in [4.69, 9.17) is 17.3 Å². The molecule has 0 amide bonds. The van der Waals surface area contributed by atoms with Crippen molar-refractivity contribution in [1.82, 2.24) is 4.98 Å². The molecular weight excluding hydrogens is 285 g/mol. The molecule has 0 saturated carbocycles. The van der Waals surface area contributed by atoms with Crippen LogP contribution < -0.4 is 11.1 Å². The quantitative estimate of drug-likeness (QED) is 0.688. The maximum Gasteiger partial charge on any atom is 0.144 e. The summed E-state index contributed by atoms with van der Waals surface area (Å²) in [6, 6.07) is 8.39. The van der Waals surface area contributed by atoms with E-state index in [1.165, 1.54) is 12.1 Å². The SMILES string of the molecule is Nc1cc(Cl)c(F)cc1Nc1ccc2ncsc2c1. The van der Waals surface area contributed by atoms with E-state index in [0.717, 1.165) is 15.9 Å². The Balaban J connectivity index is 1.98. The number of aromatic nitrogens is 1. The molecule has 0 saturated heterocycles. The van der Waals surface area contributed by atoms with Gasteiger partial charge in [-0.25, -0.2) is 9.37 Å². The molecule has 6 heteroatoms. The number of thiazole rings is 1. The second kappa shape index (κ2) is 4.68. The molecule has 0 spiro atoms. The minimum Gasteiger partial charge on any atom is -0.397 e. The minimum atomic E-state index is -0.503. The number of fused-ring (bicyclic) bond motifs is 1. The third-order valence-electron chi connectivity index (χ3n) is 2.70. The number of anilines is 3. The van der Waals surface area contributed by atoms with Gasteiger partial charge in [-0.1, -0.05) is 11.6 Å². The fourth-order valence-corrected chi connectivity index (χ4v) is 2.65. The zero-order valence-corrected chi connectivity index (χ0v) is 11.2. The predicted octanol–water partition coefficient (Wildman–Crippen LogP) is 4.41. The number of nitrogens with two attached hydrogens (primary N) is 1. The number of nitrogen functional groups attached to an aromatic ring is 1. The van der Waals surface area contributed by atoms with Gasteiger partial charge in [0.05, 0.1) is 32.1 Å². The smallest absolute Gasteiger partial charge is 0.144 e. The molecule has 2 aromatic carbocycles. The van der Waals surface area contributed by atoms with Crippen LogP contribution in [0.1, 0.15) is 0 Å². The number of hydrogen-bond acceptors (Lipinski definition) is 4. The van der Waals surface area contributed by atoms with Crippen LogP contribution in [0.4, 0.5) is 21.5 Å². The zero-order valence-electron chi connectivity index (χ0n) is 9.65. The third-order valence-corrected chi connectivity index (χ3v) is 3.78. The second-order valence-corrected chi connectivity index (χ2v) is 5.31. The summed E-state index contributed by atoms with van der Waals surface area (Å²) in [7, 11) is 0. The van der Waals surface area contributed by atoms with Crippen LogP contribution >= 0.6 is 22.9 Å². The van der Waals surface area contributed by atoms with Gasteiger partial charge in [0.1, 0.15) is 5.82 Å². The molecule has 3 aromatic rings. The Labute approximate surface area is 117 Å². The zero-order chi connectivity index (χ0) is 13.4. The van der Waals surface area contributed by atoms with Crippen molar-refractivity contribution >= 4 is 50.2 Å². The Morgan fingerprint density at radius 1 is 1.26 bits per heavy atom. The van der Waals surface area contributed by atoms with Gasteiger partial charge in [-0.15, -0.1) is 11.3 Å². The van der Waals surface area contributed by atoms with Crippen molar-refractivity contribution in [3.8, 4) is 0 Å². The number of halogens is 2. The lowest BCUT2D eigenvalue weighted by molar-refractivity contribution is 0.629. The average molecular weight is 294 g/mol. The lowest BCUT2D eigenvalue weighted by Crippen LogP contribution is -1.97. The first-order valence-corrected chi connectivity index (χ1v) is 6.74. The van der Waals surface area contributed by atoms with E-state index in [2.05, 4.69) is 10.3 Å². The monoisotopic (exact) mass is 293 g/mol. The molecule has 19 heavy (non-hydrogen) atoms. The first-order valence-electron chi connectivity index (χ1n) is 5.48. The standard InChI is InChI=1S/C13H9ClFN3S/c14-8-4-10(16)12(5-9(8)15)18-7-1-2-11-13(3-7)19-6-17-11/h1-6,18H,16H2. The molecule has 0 radical (unpaired) electrons. The molecule has 0 aliphatic rings. The van der Waals surface area contributed by atoms with Crippen molar-refractivity contribution in [2.45, 2.75) is 0 Å². The van der Waals surface area contributed by atoms with Gasteiger partial charge in [-0.05, 0) is 24.3 Å². The van der Waals surface area contributed by atoms with Crippen LogP contribution in [0, 0.1) is 5.82 Å². The van der Waals surface area contributed by atoms with E-state index >= 15 is 0 Å². The van der Waals surface area contributed by atoms with Crippen molar-refractivity contribution in [3.63, 3.8) is 0 Å². The van der Waals surface area contributed by atoms with Crippen molar-refractivity contribution in [2.24, 2.45) is 0 Å². The summed E-state index contributed by atoms with van der Waals surface area (Å²) in [5.74, 6) is -0.503. The average Bonchev–Trinajstić information content (AvgIpc) is 2.83. The van der Waals surface area contributed by atoms with Gasteiger partial charge < -0.3 is 11.1 Å². The topological polar surface area (TPSA) is 50.9 Å². The van der Waals surface area contributed by atoms with Crippen molar-refractivity contribution in [1.29, 1.82) is 0 Å². The number of hydrogen-bond donors (Lipinski definition) is 2. The Hall–Kier alpha value is -1.85. The molecule has 3 nitrogen and oxygen atoms in total. The summed E-state index contributed by atoms with van der Waals surface area (Å²) in [6.07, 6.45) is 0. The molecule has 1 aromatic heterocycles. The number of rotatable bonds is 2. The van der Waals surface area contributed by atoms with Gasteiger partial charge >= 0.3 is 0 Å². The number of nitrogens with zero attached hydrogens (tertiary/aromatic N) is 1. The molecule has 96 valence electrons. The van der Waals surface area contributed by atoms with E-state index < -0.39 is 5.82 Å². The van der Waals surface area contributed by atoms with Crippen LogP contribution in [0.2, 0.25) is 5.02 Å². The second-order valence-electron chi connectivity index (χ2n) is 4.01. The fourth-order valence-electron chi connectivity index (χ4n) is 1.76. The molecule has 0 aliphatic heterocycles. The Kier molecular flexibility index (Phi) is 3.00. The lowest BCUT2D eigenvalue weighted by atomic mass is 10.2. The highest BCUT2D eigenvalue weighted by Gasteiger charge is 2.07. The van der Waals surface area contributed by atoms with Gasteiger partial charge in [0, 0.05) is 11.8 Å². The van der Waals surface area contributed by atoms with Crippen molar-refractivity contribution in [3.05, 3.63) is 46.7 Å². The summed E-state index contributed by atoms with van der Waals surface area (Å²) < 4.78 is 14.5. The van der Waals surface area contributed by atoms with Gasteiger partial charge in [-0.3, -0.25) is 0 Å². The van der Waals surface area contributed by atoms with E-state index in [1.807, 2.05) is 18.2 Å². The first-order chi connectivity index (χ1) is 9.13. The normalized spacial score (nSPS) is 10.8. The summed E-state index contributed by atoms with van der Waals surface area (Å²) >= 11 is 7.21. The minimum absolute atomic E-state index is 0.0148. The maximum atomic E-state index is 13.4. The van der Waals surface area contributed by atoms with Crippen LogP contribution in [0.3, 0.4) is 0 Å². The highest BCUT2D eigenvalue weighted by atomic mass is 35.5. The van der Waals surface area contributed by atoms with Gasteiger partial charge in [0.25, 0.3) is 0 Å². The molecule has 0 fully saturated rings. The summed E-state index contributed by atoms with van der Waals surface area (Å²) in [4.78, 5) is 4.20. The predicted molar refractivity (Wildman–Crippen MR) is 78.7 cm³/mol. The molecule has 3 N–H and O–H groups in total. The first kappa shape index (κ1) is 12.2. The molecule has 0 bridgehead atoms. The maximum absolute atomic E-state index is 13.4. The Morgan fingerprint density at radius 3 is 2.95 bits per heavy atom. The summed E-state index contributed by atoms with van der Waals surface area (Å²) in [6.45, 7) is 0. The van der Waals surface area contributed by atoms with E-state index in [0.29, 0.717) is 11.4 Å². The third kappa shape index (κ3) is 2.34. The van der Waals surface area contributed by atoms with Crippen LogP contribution in [0.15, 0.2) is 35.8 Å². The van der Waals surface area contributed by atoms with Crippen LogP contribution in [-0.4, -0.2) is 4.98 Å². The Bertz CT molecular complexity index is 757. The van der Waals surface area contributed by atoms with Crippen LogP contribution in [0.25, 0.3) is 10.2 Å². The lowest BCUT2D eigenvalue weighted by Gasteiger charge is -2.10. The number of benzene rings is 2. The van der Waals surface area contributed by atoms with Gasteiger partial charge in [0.2, 0.25) is 0 Å². The summed E-state index contributed by atoms with van der Waals surface area (Å²) in [5.41, 5.74) is 10.2. The highest BCUT2D eigenvalue weighted by Crippen LogP contribution is 2.30. The van der Waals surface area contributed by atoms with Gasteiger partial charge in [-0.2, -0.15) is 0 Å². The van der Waals surface area contributed by atoms with Crippen LogP contribution in [0.5, 0.6) is 0 Å². The Morgan fingerprint density at radius 2 is 2.11 bits per heavy atom.